The number of hydrogen-bond donors (Lipinski definition) is 1. The van der Waals surface area contributed by atoms with Gasteiger partial charge in [0.1, 0.15) is 23.8 Å². The highest BCUT2D eigenvalue weighted by Gasteiger charge is 2.09. The lowest BCUT2D eigenvalue weighted by atomic mass is 10.1. The first-order valence-electron chi connectivity index (χ1n) is 6.10. The maximum absolute atomic E-state index is 9.87. The molecule has 0 aliphatic heterocycles. The number of benzene rings is 2. The van der Waals surface area contributed by atoms with Crippen LogP contribution in [0.3, 0.4) is 0 Å². The van der Waals surface area contributed by atoms with Crippen LogP contribution in [0.15, 0.2) is 53.9 Å². The SMILES string of the molecule is Oc1ccc(OCc2ccccc2)cc1-c1csnn1. The van der Waals surface area contributed by atoms with Gasteiger partial charge in [-0.05, 0) is 35.3 Å². The maximum atomic E-state index is 9.87. The molecule has 20 heavy (non-hydrogen) atoms. The molecule has 0 spiro atoms. The molecule has 0 fully saturated rings. The Balaban J connectivity index is 1.79. The molecule has 0 unspecified atom stereocenters. The fourth-order valence-electron chi connectivity index (χ4n) is 1.83. The highest BCUT2D eigenvalue weighted by molar-refractivity contribution is 7.03. The first kappa shape index (κ1) is 12.6. The molecule has 100 valence electrons. The molecule has 0 amide bonds. The number of aromatic hydroxyl groups is 1. The van der Waals surface area contributed by atoms with Crippen LogP contribution < -0.4 is 4.74 Å². The van der Waals surface area contributed by atoms with Gasteiger partial charge in [-0.3, -0.25) is 0 Å². The van der Waals surface area contributed by atoms with Crippen LogP contribution in [0, 0.1) is 0 Å². The standard InChI is InChI=1S/C15H12N2O2S/c18-15-7-6-12(8-13(15)14-10-20-17-16-14)19-9-11-4-2-1-3-5-11/h1-8,10,18H,9H2. The molecule has 0 aliphatic carbocycles. The first-order chi connectivity index (χ1) is 9.83. The van der Waals surface area contributed by atoms with E-state index in [1.807, 2.05) is 30.3 Å². The van der Waals surface area contributed by atoms with Gasteiger partial charge in [0.15, 0.2) is 0 Å². The second-order valence-electron chi connectivity index (χ2n) is 4.24. The number of hydrogen-bond acceptors (Lipinski definition) is 5. The van der Waals surface area contributed by atoms with Crippen LogP contribution in [-0.4, -0.2) is 14.7 Å². The summed E-state index contributed by atoms with van der Waals surface area (Å²) in [5, 5.41) is 15.6. The fourth-order valence-corrected chi connectivity index (χ4v) is 2.29. The summed E-state index contributed by atoms with van der Waals surface area (Å²) in [6, 6.07) is 15.0. The summed E-state index contributed by atoms with van der Waals surface area (Å²) in [7, 11) is 0. The molecule has 4 nitrogen and oxygen atoms in total. The van der Waals surface area contributed by atoms with Crippen molar-refractivity contribution in [1.82, 2.24) is 9.59 Å². The summed E-state index contributed by atoms with van der Waals surface area (Å²) >= 11 is 1.25. The Kier molecular flexibility index (Phi) is 3.60. The van der Waals surface area contributed by atoms with Crippen molar-refractivity contribution >= 4 is 11.5 Å². The molecule has 1 aromatic heterocycles. The van der Waals surface area contributed by atoms with Crippen LogP contribution in [0.1, 0.15) is 5.56 Å². The van der Waals surface area contributed by atoms with E-state index in [0.717, 1.165) is 5.56 Å². The van der Waals surface area contributed by atoms with Crippen LogP contribution in [0.4, 0.5) is 0 Å². The van der Waals surface area contributed by atoms with Crippen LogP contribution in [0.25, 0.3) is 11.3 Å². The second-order valence-corrected chi connectivity index (χ2v) is 4.85. The molecular weight excluding hydrogens is 272 g/mol. The van der Waals surface area contributed by atoms with Gasteiger partial charge in [0, 0.05) is 10.9 Å². The largest absolute Gasteiger partial charge is 0.507 e. The average Bonchev–Trinajstić information content (AvgIpc) is 3.01. The van der Waals surface area contributed by atoms with Crippen LogP contribution in [0.2, 0.25) is 0 Å². The summed E-state index contributed by atoms with van der Waals surface area (Å²) in [5.41, 5.74) is 2.37. The molecule has 3 aromatic rings. The van der Waals surface area contributed by atoms with Gasteiger partial charge < -0.3 is 9.84 Å². The zero-order valence-electron chi connectivity index (χ0n) is 10.6. The third-order valence-electron chi connectivity index (χ3n) is 2.85. The van der Waals surface area contributed by atoms with Crippen molar-refractivity contribution in [3.63, 3.8) is 0 Å². The van der Waals surface area contributed by atoms with Crippen molar-refractivity contribution in [2.75, 3.05) is 0 Å². The van der Waals surface area contributed by atoms with Gasteiger partial charge in [0.2, 0.25) is 0 Å². The van der Waals surface area contributed by atoms with Crippen molar-refractivity contribution in [2.45, 2.75) is 6.61 Å². The third-order valence-corrected chi connectivity index (χ3v) is 3.36. The van der Waals surface area contributed by atoms with E-state index < -0.39 is 0 Å². The second kappa shape index (κ2) is 5.71. The fraction of sp³-hybridized carbons (Fsp3) is 0.0667. The van der Waals surface area contributed by atoms with E-state index in [-0.39, 0.29) is 5.75 Å². The molecule has 0 bridgehead atoms. The smallest absolute Gasteiger partial charge is 0.125 e. The minimum Gasteiger partial charge on any atom is -0.507 e. The molecule has 0 saturated heterocycles. The summed E-state index contributed by atoms with van der Waals surface area (Å²) in [6.07, 6.45) is 0. The van der Waals surface area contributed by atoms with E-state index in [9.17, 15) is 5.11 Å². The molecule has 0 saturated carbocycles. The molecule has 5 heteroatoms. The summed E-state index contributed by atoms with van der Waals surface area (Å²) in [6.45, 7) is 0.486. The lowest BCUT2D eigenvalue weighted by molar-refractivity contribution is 0.306. The summed E-state index contributed by atoms with van der Waals surface area (Å²) in [5.74, 6) is 0.861. The van der Waals surface area contributed by atoms with Crippen molar-refractivity contribution in [3.05, 3.63) is 59.5 Å². The van der Waals surface area contributed by atoms with Crippen LogP contribution >= 0.6 is 11.5 Å². The summed E-state index contributed by atoms with van der Waals surface area (Å²) < 4.78 is 9.53. The van der Waals surface area contributed by atoms with E-state index >= 15 is 0 Å². The Hall–Kier alpha value is -2.40. The van der Waals surface area contributed by atoms with Gasteiger partial charge in [-0.1, -0.05) is 34.8 Å². The van der Waals surface area contributed by atoms with Crippen LogP contribution in [-0.2, 0) is 6.61 Å². The number of rotatable bonds is 4. The van der Waals surface area contributed by atoms with E-state index in [0.29, 0.717) is 23.6 Å². The Labute approximate surface area is 120 Å². The zero-order valence-corrected chi connectivity index (χ0v) is 11.4. The lowest BCUT2D eigenvalue weighted by Gasteiger charge is -2.08. The van der Waals surface area contributed by atoms with Gasteiger partial charge in [0.05, 0.1) is 0 Å². The molecule has 3 rings (SSSR count). The van der Waals surface area contributed by atoms with Crippen LogP contribution in [0.5, 0.6) is 11.5 Å². The van der Waals surface area contributed by atoms with Crippen molar-refractivity contribution in [2.24, 2.45) is 0 Å². The molecule has 0 atom stereocenters. The zero-order chi connectivity index (χ0) is 13.8. The Morgan fingerprint density at radius 2 is 1.95 bits per heavy atom. The van der Waals surface area contributed by atoms with Gasteiger partial charge in [-0.2, -0.15) is 0 Å². The number of ether oxygens (including phenoxy) is 1. The van der Waals surface area contributed by atoms with Gasteiger partial charge in [0.25, 0.3) is 0 Å². The molecule has 0 radical (unpaired) electrons. The first-order valence-corrected chi connectivity index (χ1v) is 6.94. The predicted molar refractivity (Wildman–Crippen MR) is 77.8 cm³/mol. The van der Waals surface area contributed by atoms with Crippen molar-refractivity contribution in [3.8, 4) is 22.8 Å². The number of nitrogens with zero attached hydrogens (tertiary/aromatic N) is 2. The minimum atomic E-state index is 0.171. The number of phenolic OH excluding ortho intramolecular Hbond substituents is 1. The highest BCUT2D eigenvalue weighted by atomic mass is 32.1. The Morgan fingerprint density at radius 1 is 1.10 bits per heavy atom. The average molecular weight is 284 g/mol. The number of phenols is 1. The maximum Gasteiger partial charge on any atom is 0.125 e. The predicted octanol–water partition coefficient (Wildman–Crippen LogP) is 3.49. The Bertz CT molecular complexity index is 684. The molecule has 0 aliphatic rings. The molecular formula is C15H12N2O2S. The molecule has 1 heterocycles. The van der Waals surface area contributed by atoms with Crippen molar-refractivity contribution in [1.29, 1.82) is 0 Å². The summed E-state index contributed by atoms with van der Waals surface area (Å²) in [4.78, 5) is 0. The van der Waals surface area contributed by atoms with Gasteiger partial charge in [-0.25, -0.2) is 0 Å². The number of aromatic nitrogens is 2. The van der Waals surface area contributed by atoms with Gasteiger partial charge >= 0.3 is 0 Å². The quantitative estimate of drug-likeness (QED) is 0.796. The lowest BCUT2D eigenvalue weighted by Crippen LogP contribution is -1.95. The third kappa shape index (κ3) is 2.78. The van der Waals surface area contributed by atoms with Crippen molar-refractivity contribution < 1.29 is 9.84 Å². The molecule has 1 N–H and O–H groups in total. The minimum absolute atomic E-state index is 0.171. The molecule has 2 aromatic carbocycles. The monoisotopic (exact) mass is 284 g/mol. The van der Waals surface area contributed by atoms with E-state index in [4.69, 9.17) is 4.74 Å². The highest BCUT2D eigenvalue weighted by Crippen LogP contribution is 2.32. The topological polar surface area (TPSA) is 55.2 Å². The Morgan fingerprint density at radius 3 is 2.70 bits per heavy atom. The van der Waals surface area contributed by atoms with E-state index in [1.54, 1.807) is 23.6 Å². The normalized spacial score (nSPS) is 10.4. The van der Waals surface area contributed by atoms with Gasteiger partial charge in [-0.15, -0.1) is 5.10 Å². The van der Waals surface area contributed by atoms with E-state index in [2.05, 4.69) is 9.59 Å². The van der Waals surface area contributed by atoms with E-state index in [1.165, 1.54) is 11.5 Å².